The Bertz CT molecular complexity index is 1210. The van der Waals surface area contributed by atoms with E-state index in [-0.39, 0.29) is 21.7 Å². The second-order valence-electron chi connectivity index (χ2n) is 7.55. The Balaban J connectivity index is 1.72. The van der Waals surface area contributed by atoms with E-state index in [9.17, 15) is 13.2 Å². The Labute approximate surface area is 197 Å². The Morgan fingerprint density at radius 3 is 2.39 bits per heavy atom. The van der Waals surface area contributed by atoms with Crippen LogP contribution in [0.2, 0.25) is 5.02 Å². The molecule has 3 aromatic rings. The van der Waals surface area contributed by atoms with Crippen molar-refractivity contribution in [3.05, 3.63) is 59.4 Å². The molecule has 11 heteroatoms. The number of esters is 1. The fraction of sp³-hybridized carbons (Fsp3) is 0.318. The van der Waals surface area contributed by atoms with Crippen LogP contribution in [0.3, 0.4) is 0 Å². The molecule has 0 aliphatic rings. The molecule has 0 radical (unpaired) electrons. The monoisotopic (exact) mass is 493 g/mol. The minimum Gasteiger partial charge on any atom is -0.497 e. The summed E-state index contributed by atoms with van der Waals surface area (Å²) in [6.07, 6.45) is -0.895. The van der Waals surface area contributed by atoms with Crippen molar-refractivity contribution in [1.82, 2.24) is 14.9 Å². The lowest BCUT2D eigenvalue weighted by Gasteiger charge is -2.22. The van der Waals surface area contributed by atoms with Gasteiger partial charge in [-0.2, -0.15) is 4.72 Å². The van der Waals surface area contributed by atoms with E-state index in [0.29, 0.717) is 11.3 Å². The van der Waals surface area contributed by atoms with Gasteiger partial charge >= 0.3 is 5.97 Å². The third-order valence-corrected chi connectivity index (χ3v) is 6.40. The van der Waals surface area contributed by atoms with Gasteiger partial charge in [-0.3, -0.25) is 4.79 Å². The maximum absolute atomic E-state index is 12.8. The van der Waals surface area contributed by atoms with E-state index >= 15 is 0 Å². The van der Waals surface area contributed by atoms with E-state index in [0.717, 1.165) is 0 Å². The highest BCUT2D eigenvalue weighted by Crippen LogP contribution is 2.25. The first-order valence-corrected chi connectivity index (χ1v) is 11.9. The van der Waals surface area contributed by atoms with E-state index in [1.165, 1.54) is 18.2 Å². The van der Waals surface area contributed by atoms with Crippen molar-refractivity contribution >= 4 is 27.6 Å². The predicted molar refractivity (Wildman–Crippen MR) is 121 cm³/mol. The van der Waals surface area contributed by atoms with Gasteiger partial charge in [0.15, 0.2) is 6.10 Å². The number of hydrogen-bond acceptors (Lipinski definition) is 8. The van der Waals surface area contributed by atoms with Crippen LogP contribution in [-0.4, -0.2) is 37.7 Å². The number of aromatic nitrogens is 2. The Morgan fingerprint density at radius 2 is 1.79 bits per heavy atom. The van der Waals surface area contributed by atoms with Gasteiger partial charge in [0.25, 0.3) is 5.89 Å². The number of benzene rings is 2. The van der Waals surface area contributed by atoms with Crippen LogP contribution in [0.4, 0.5) is 0 Å². The lowest BCUT2D eigenvalue weighted by atomic mass is 10.1. The molecule has 2 aromatic carbocycles. The Hall–Kier alpha value is -2.95. The standard InChI is InChI=1S/C22H24ClN3O6S/c1-13(2)19(26-33(28,29)18-7-5-6-16(23)12-18)22(27)31-14(3)20-24-25-21(32-20)15-8-10-17(30-4)11-9-15/h5-14,19,26H,1-4H3/t14?,19-/m0/s1. The lowest BCUT2D eigenvalue weighted by Crippen LogP contribution is -2.45. The fourth-order valence-electron chi connectivity index (χ4n) is 2.87. The molecule has 0 aliphatic carbocycles. The number of methoxy groups -OCH3 is 1. The van der Waals surface area contributed by atoms with Gasteiger partial charge < -0.3 is 13.9 Å². The van der Waals surface area contributed by atoms with E-state index in [2.05, 4.69) is 14.9 Å². The molecule has 0 aliphatic heterocycles. The van der Waals surface area contributed by atoms with Gasteiger partial charge in [-0.15, -0.1) is 10.2 Å². The molecule has 176 valence electrons. The second-order valence-corrected chi connectivity index (χ2v) is 9.70. The molecule has 0 spiro atoms. The Kier molecular flexibility index (Phi) is 7.72. The Morgan fingerprint density at radius 1 is 1.09 bits per heavy atom. The topological polar surface area (TPSA) is 121 Å². The summed E-state index contributed by atoms with van der Waals surface area (Å²) in [5.74, 6) is -0.156. The van der Waals surface area contributed by atoms with Gasteiger partial charge in [-0.1, -0.05) is 31.5 Å². The van der Waals surface area contributed by atoms with Crippen LogP contribution in [0.25, 0.3) is 11.5 Å². The molecule has 2 atom stereocenters. The number of sulfonamides is 1. The molecular weight excluding hydrogens is 470 g/mol. The van der Waals surface area contributed by atoms with E-state index in [1.54, 1.807) is 58.2 Å². The summed E-state index contributed by atoms with van der Waals surface area (Å²) in [6, 6.07) is 11.6. The van der Waals surface area contributed by atoms with Crippen LogP contribution in [0.15, 0.2) is 57.8 Å². The zero-order chi connectivity index (χ0) is 24.2. The van der Waals surface area contributed by atoms with Crippen molar-refractivity contribution in [2.45, 2.75) is 37.8 Å². The van der Waals surface area contributed by atoms with Gasteiger partial charge in [-0.05, 0) is 55.3 Å². The zero-order valence-corrected chi connectivity index (χ0v) is 20.1. The number of hydrogen-bond donors (Lipinski definition) is 1. The molecule has 1 unspecified atom stereocenters. The normalized spacial score (nSPS) is 13.5. The highest BCUT2D eigenvalue weighted by molar-refractivity contribution is 7.89. The molecule has 1 heterocycles. The largest absolute Gasteiger partial charge is 0.497 e. The molecule has 0 saturated carbocycles. The number of rotatable bonds is 9. The molecule has 3 rings (SSSR count). The first-order valence-electron chi connectivity index (χ1n) is 10.1. The molecule has 0 fully saturated rings. The van der Waals surface area contributed by atoms with Crippen LogP contribution in [0, 0.1) is 5.92 Å². The number of nitrogens with one attached hydrogen (secondary N) is 1. The zero-order valence-electron chi connectivity index (χ0n) is 18.5. The van der Waals surface area contributed by atoms with Gasteiger partial charge in [0.05, 0.1) is 12.0 Å². The summed E-state index contributed by atoms with van der Waals surface area (Å²) in [5.41, 5.74) is 0.669. The number of ether oxygens (including phenoxy) is 2. The molecular formula is C22H24ClN3O6S. The maximum Gasteiger partial charge on any atom is 0.325 e. The number of carbonyl (C=O) groups is 1. The van der Waals surface area contributed by atoms with E-state index in [4.69, 9.17) is 25.5 Å². The highest BCUT2D eigenvalue weighted by Gasteiger charge is 2.32. The maximum atomic E-state index is 12.8. The van der Waals surface area contributed by atoms with Crippen molar-refractivity contribution < 1.29 is 27.1 Å². The van der Waals surface area contributed by atoms with Crippen LogP contribution >= 0.6 is 11.6 Å². The molecule has 1 N–H and O–H groups in total. The fourth-order valence-corrected chi connectivity index (χ4v) is 4.51. The summed E-state index contributed by atoms with van der Waals surface area (Å²) in [5, 5.41) is 8.19. The number of halogens is 1. The summed E-state index contributed by atoms with van der Waals surface area (Å²) >= 11 is 5.90. The van der Waals surface area contributed by atoms with E-state index < -0.39 is 34.1 Å². The summed E-state index contributed by atoms with van der Waals surface area (Å²) < 4.78 is 44.1. The SMILES string of the molecule is COc1ccc(-c2nnc(C(C)OC(=O)[C@@H](NS(=O)(=O)c3cccc(Cl)c3)C(C)C)o2)cc1. The summed E-state index contributed by atoms with van der Waals surface area (Å²) in [4.78, 5) is 12.8. The van der Waals surface area contributed by atoms with Crippen LogP contribution in [0.5, 0.6) is 5.75 Å². The quantitative estimate of drug-likeness (QED) is 0.444. The van der Waals surface area contributed by atoms with Crippen LogP contribution in [0.1, 0.15) is 32.8 Å². The molecule has 1 aromatic heterocycles. The second kappa shape index (κ2) is 10.3. The van der Waals surface area contributed by atoms with Crippen LogP contribution in [-0.2, 0) is 19.6 Å². The van der Waals surface area contributed by atoms with Gasteiger partial charge in [-0.25, -0.2) is 8.42 Å². The highest BCUT2D eigenvalue weighted by atomic mass is 35.5. The smallest absolute Gasteiger partial charge is 0.325 e. The minimum atomic E-state index is -4.01. The third kappa shape index (κ3) is 6.10. The number of nitrogens with zero attached hydrogens (tertiary/aromatic N) is 2. The van der Waals surface area contributed by atoms with Gasteiger partial charge in [0.2, 0.25) is 15.9 Å². The summed E-state index contributed by atoms with van der Waals surface area (Å²) in [6.45, 7) is 4.96. The first-order chi connectivity index (χ1) is 15.6. The van der Waals surface area contributed by atoms with Crippen molar-refractivity contribution in [2.24, 2.45) is 5.92 Å². The third-order valence-electron chi connectivity index (χ3n) is 4.73. The van der Waals surface area contributed by atoms with Crippen molar-refractivity contribution in [3.8, 4) is 17.2 Å². The summed E-state index contributed by atoms with van der Waals surface area (Å²) in [7, 11) is -2.44. The minimum absolute atomic E-state index is 0.0532. The van der Waals surface area contributed by atoms with Crippen molar-refractivity contribution in [1.29, 1.82) is 0 Å². The molecule has 0 saturated heterocycles. The first kappa shape index (κ1) is 24.7. The lowest BCUT2D eigenvalue weighted by molar-refractivity contribution is -0.152. The molecule has 9 nitrogen and oxygen atoms in total. The molecule has 0 amide bonds. The van der Waals surface area contributed by atoms with E-state index in [1.807, 2.05) is 0 Å². The van der Waals surface area contributed by atoms with Crippen molar-refractivity contribution in [2.75, 3.05) is 7.11 Å². The van der Waals surface area contributed by atoms with Crippen molar-refractivity contribution in [3.63, 3.8) is 0 Å². The average Bonchev–Trinajstić information content (AvgIpc) is 3.28. The number of carbonyl (C=O) groups excluding carboxylic acids is 1. The predicted octanol–water partition coefficient (Wildman–Crippen LogP) is 4.01. The van der Waals surface area contributed by atoms with Gasteiger partial charge in [0.1, 0.15) is 11.8 Å². The average molecular weight is 494 g/mol. The molecule has 0 bridgehead atoms. The van der Waals surface area contributed by atoms with Gasteiger partial charge in [0, 0.05) is 10.6 Å². The van der Waals surface area contributed by atoms with Crippen LogP contribution < -0.4 is 9.46 Å². The molecule has 33 heavy (non-hydrogen) atoms.